The van der Waals surface area contributed by atoms with Gasteiger partial charge in [-0.15, -0.1) is 0 Å². The molecule has 0 unspecified atom stereocenters. The highest BCUT2D eigenvalue weighted by molar-refractivity contribution is 5.98. The van der Waals surface area contributed by atoms with Crippen molar-refractivity contribution >= 4 is 5.78 Å². The molecular weight excluding hydrogens is 240 g/mol. The first-order valence-electron chi connectivity index (χ1n) is 7.42. The Hall–Kier alpha value is -1.32. The van der Waals surface area contributed by atoms with Crippen LogP contribution in [0, 0.1) is 5.92 Å². The van der Waals surface area contributed by atoms with Gasteiger partial charge in [0.05, 0.1) is 13.3 Å². The van der Waals surface area contributed by atoms with Crippen molar-refractivity contribution in [3.8, 4) is 5.75 Å². The third-order valence-electron chi connectivity index (χ3n) is 4.03. The summed E-state index contributed by atoms with van der Waals surface area (Å²) in [5.41, 5.74) is 0.663. The normalized spacial score (nSPS) is 17.8. The van der Waals surface area contributed by atoms with Crippen molar-refractivity contribution in [1.82, 2.24) is 9.78 Å². The lowest BCUT2D eigenvalue weighted by atomic mass is 9.87. The monoisotopic (exact) mass is 264 g/mol. The van der Waals surface area contributed by atoms with Crippen molar-refractivity contribution in [2.24, 2.45) is 5.92 Å². The molecule has 1 aromatic rings. The highest BCUT2D eigenvalue weighted by atomic mass is 16.5. The number of carbonyl (C=O) groups is 1. The minimum absolute atomic E-state index is 0.149. The SMILES string of the molecule is CCn1ncc(OC)c1C(=O)C1CCCCCCC1. The Morgan fingerprint density at radius 2 is 1.95 bits per heavy atom. The molecule has 1 aromatic heterocycles. The molecule has 0 amide bonds. The number of ketones is 1. The zero-order valence-electron chi connectivity index (χ0n) is 12.0. The molecule has 1 aliphatic carbocycles. The smallest absolute Gasteiger partial charge is 0.187 e. The summed E-state index contributed by atoms with van der Waals surface area (Å²) >= 11 is 0. The largest absolute Gasteiger partial charge is 0.493 e. The summed E-state index contributed by atoms with van der Waals surface area (Å²) in [6.07, 6.45) is 9.84. The number of nitrogens with zero attached hydrogens (tertiary/aromatic N) is 2. The fourth-order valence-electron chi connectivity index (χ4n) is 2.92. The van der Waals surface area contributed by atoms with Crippen LogP contribution in [-0.2, 0) is 6.54 Å². The van der Waals surface area contributed by atoms with Gasteiger partial charge >= 0.3 is 0 Å². The summed E-state index contributed by atoms with van der Waals surface area (Å²) in [6.45, 7) is 2.71. The van der Waals surface area contributed by atoms with E-state index in [1.807, 2.05) is 6.92 Å². The number of carbonyl (C=O) groups excluding carboxylic acids is 1. The van der Waals surface area contributed by atoms with Crippen LogP contribution in [0.1, 0.15) is 62.4 Å². The van der Waals surface area contributed by atoms with Crippen molar-refractivity contribution in [2.75, 3.05) is 7.11 Å². The molecule has 19 heavy (non-hydrogen) atoms. The second kappa shape index (κ2) is 6.73. The average Bonchev–Trinajstić information content (AvgIpc) is 2.80. The van der Waals surface area contributed by atoms with Gasteiger partial charge < -0.3 is 4.74 Å². The van der Waals surface area contributed by atoms with Gasteiger partial charge in [0.1, 0.15) is 5.69 Å². The van der Waals surface area contributed by atoms with E-state index in [9.17, 15) is 4.79 Å². The summed E-state index contributed by atoms with van der Waals surface area (Å²) in [6, 6.07) is 0. The molecule has 1 fully saturated rings. The molecule has 0 atom stereocenters. The van der Waals surface area contributed by atoms with Crippen LogP contribution in [0.5, 0.6) is 5.75 Å². The Labute approximate surface area is 115 Å². The fraction of sp³-hybridized carbons (Fsp3) is 0.733. The third kappa shape index (κ3) is 3.17. The zero-order chi connectivity index (χ0) is 13.7. The summed E-state index contributed by atoms with van der Waals surface area (Å²) in [4.78, 5) is 12.7. The number of rotatable bonds is 4. The second-order valence-corrected chi connectivity index (χ2v) is 5.28. The summed E-state index contributed by atoms with van der Waals surface area (Å²) < 4.78 is 7.06. The van der Waals surface area contributed by atoms with E-state index in [0.717, 1.165) is 12.8 Å². The quantitative estimate of drug-likeness (QED) is 0.782. The predicted molar refractivity (Wildman–Crippen MR) is 74.6 cm³/mol. The maximum atomic E-state index is 12.7. The highest BCUT2D eigenvalue weighted by Gasteiger charge is 2.26. The standard InChI is InChI=1S/C15H24N2O2/c1-3-17-14(13(19-2)11-16-17)15(18)12-9-7-5-4-6-8-10-12/h11-12H,3-10H2,1-2H3. The van der Waals surface area contributed by atoms with E-state index < -0.39 is 0 Å². The molecule has 0 aliphatic heterocycles. The minimum Gasteiger partial charge on any atom is -0.493 e. The summed E-state index contributed by atoms with van der Waals surface area (Å²) in [7, 11) is 1.60. The van der Waals surface area contributed by atoms with Crippen LogP contribution < -0.4 is 4.74 Å². The van der Waals surface area contributed by atoms with Crippen molar-refractivity contribution in [1.29, 1.82) is 0 Å². The van der Waals surface area contributed by atoms with Gasteiger partial charge in [0.2, 0.25) is 0 Å². The summed E-state index contributed by atoms with van der Waals surface area (Å²) in [5.74, 6) is 0.989. The first kappa shape index (κ1) is 14.1. The van der Waals surface area contributed by atoms with Crippen molar-refractivity contribution in [2.45, 2.75) is 58.4 Å². The number of hydrogen-bond acceptors (Lipinski definition) is 3. The van der Waals surface area contributed by atoms with Crippen LogP contribution in [0.4, 0.5) is 0 Å². The molecule has 0 radical (unpaired) electrons. The van der Waals surface area contributed by atoms with E-state index in [1.165, 1.54) is 32.1 Å². The van der Waals surface area contributed by atoms with E-state index in [1.54, 1.807) is 18.0 Å². The molecule has 0 saturated heterocycles. The van der Waals surface area contributed by atoms with Gasteiger partial charge in [-0.3, -0.25) is 9.48 Å². The Bertz CT molecular complexity index is 396. The van der Waals surface area contributed by atoms with E-state index in [4.69, 9.17) is 4.74 Å². The molecule has 1 saturated carbocycles. The molecule has 0 bridgehead atoms. The van der Waals surface area contributed by atoms with Crippen LogP contribution in [0.3, 0.4) is 0 Å². The van der Waals surface area contributed by atoms with Gasteiger partial charge in [0, 0.05) is 12.5 Å². The lowest BCUT2D eigenvalue weighted by Crippen LogP contribution is -2.20. The number of ether oxygens (including phenoxy) is 1. The number of hydrogen-bond donors (Lipinski definition) is 0. The van der Waals surface area contributed by atoms with Crippen LogP contribution >= 0.6 is 0 Å². The van der Waals surface area contributed by atoms with Gasteiger partial charge in [0.15, 0.2) is 11.5 Å². The molecule has 1 heterocycles. The molecule has 0 aromatic carbocycles. The number of methoxy groups -OCH3 is 1. The first-order valence-corrected chi connectivity index (χ1v) is 7.42. The maximum Gasteiger partial charge on any atom is 0.187 e. The van der Waals surface area contributed by atoms with Crippen molar-refractivity contribution in [3.63, 3.8) is 0 Å². The Morgan fingerprint density at radius 3 is 2.53 bits per heavy atom. The van der Waals surface area contributed by atoms with Gasteiger partial charge in [-0.1, -0.05) is 32.1 Å². The topological polar surface area (TPSA) is 44.1 Å². The van der Waals surface area contributed by atoms with Crippen LogP contribution in [0.15, 0.2) is 6.20 Å². The van der Waals surface area contributed by atoms with E-state index in [2.05, 4.69) is 5.10 Å². The average molecular weight is 264 g/mol. The molecule has 2 rings (SSSR count). The Kier molecular flexibility index (Phi) is 5.00. The molecule has 1 aliphatic rings. The van der Waals surface area contributed by atoms with Gasteiger partial charge in [-0.05, 0) is 19.8 Å². The zero-order valence-corrected chi connectivity index (χ0v) is 12.0. The molecule has 0 N–H and O–H groups in total. The van der Waals surface area contributed by atoms with Gasteiger partial charge in [-0.25, -0.2) is 0 Å². The van der Waals surface area contributed by atoms with Crippen LogP contribution in [0.25, 0.3) is 0 Å². The van der Waals surface area contributed by atoms with Gasteiger partial charge in [-0.2, -0.15) is 5.10 Å². The van der Waals surface area contributed by atoms with E-state index in [-0.39, 0.29) is 11.7 Å². The number of aromatic nitrogens is 2. The van der Waals surface area contributed by atoms with E-state index >= 15 is 0 Å². The second-order valence-electron chi connectivity index (χ2n) is 5.28. The fourth-order valence-corrected chi connectivity index (χ4v) is 2.92. The first-order chi connectivity index (χ1) is 9.27. The maximum absolute atomic E-state index is 12.7. The molecule has 0 spiro atoms. The van der Waals surface area contributed by atoms with E-state index in [0.29, 0.717) is 18.0 Å². The minimum atomic E-state index is 0.149. The van der Waals surface area contributed by atoms with Gasteiger partial charge in [0.25, 0.3) is 0 Å². The number of aryl methyl sites for hydroxylation is 1. The van der Waals surface area contributed by atoms with Crippen LogP contribution in [0.2, 0.25) is 0 Å². The molecule has 4 heteroatoms. The molecule has 4 nitrogen and oxygen atoms in total. The predicted octanol–water partition coefficient (Wildman–Crippen LogP) is 3.45. The Morgan fingerprint density at radius 1 is 1.32 bits per heavy atom. The molecular formula is C15H24N2O2. The Balaban J connectivity index is 2.19. The lowest BCUT2D eigenvalue weighted by molar-refractivity contribution is 0.0884. The summed E-state index contributed by atoms with van der Waals surface area (Å²) in [5, 5.41) is 4.23. The molecule has 106 valence electrons. The van der Waals surface area contributed by atoms with Crippen molar-refractivity contribution in [3.05, 3.63) is 11.9 Å². The van der Waals surface area contributed by atoms with Crippen molar-refractivity contribution < 1.29 is 9.53 Å². The number of Topliss-reactive ketones (excluding diaryl/α,β-unsaturated/α-hetero) is 1. The van der Waals surface area contributed by atoms with Crippen LogP contribution in [-0.4, -0.2) is 22.7 Å². The highest BCUT2D eigenvalue weighted by Crippen LogP contribution is 2.28. The lowest BCUT2D eigenvalue weighted by Gasteiger charge is -2.19. The third-order valence-corrected chi connectivity index (χ3v) is 4.03.